The summed E-state index contributed by atoms with van der Waals surface area (Å²) in [4.78, 5) is 12.0. The highest BCUT2D eigenvalue weighted by Gasteiger charge is 2.16. The first-order chi connectivity index (χ1) is 8.63. The van der Waals surface area contributed by atoms with Gasteiger partial charge in [-0.3, -0.25) is 9.89 Å². The molecule has 2 rings (SSSR count). The maximum atomic E-state index is 12.0. The molecule has 94 valence electrons. The van der Waals surface area contributed by atoms with Gasteiger partial charge < -0.3 is 11.1 Å². The molecule has 0 bridgehead atoms. The fraction of sp³-hybridized carbons (Fsp3) is 0.231. The SMILES string of the molecule is CCc1[nH]nc(C(=O)Nc2ccccc2C)c1N. The Hall–Kier alpha value is -2.30. The average molecular weight is 244 g/mol. The molecule has 4 N–H and O–H groups in total. The van der Waals surface area contributed by atoms with Crippen LogP contribution in [0.4, 0.5) is 11.4 Å². The van der Waals surface area contributed by atoms with Crippen LogP contribution in [0.25, 0.3) is 0 Å². The van der Waals surface area contributed by atoms with Crippen molar-refractivity contribution in [1.82, 2.24) is 10.2 Å². The molecule has 1 aromatic heterocycles. The number of benzene rings is 1. The van der Waals surface area contributed by atoms with Crippen LogP contribution in [0.5, 0.6) is 0 Å². The second-order valence-corrected chi connectivity index (χ2v) is 4.09. The molecule has 0 fully saturated rings. The quantitative estimate of drug-likeness (QED) is 0.773. The zero-order valence-electron chi connectivity index (χ0n) is 10.4. The summed E-state index contributed by atoms with van der Waals surface area (Å²) in [5.41, 5.74) is 9.06. The second kappa shape index (κ2) is 4.91. The molecule has 0 aliphatic rings. The van der Waals surface area contributed by atoms with Gasteiger partial charge in [0, 0.05) is 5.69 Å². The Kier molecular flexibility index (Phi) is 3.32. The minimum atomic E-state index is -0.294. The number of nitrogen functional groups attached to an aromatic ring is 1. The average Bonchev–Trinajstić information content (AvgIpc) is 2.73. The van der Waals surface area contributed by atoms with Crippen LogP contribution in [-0.2, 0) is 6.42 Å². The number of amides is 1. The molecule has 0 unspecified atom stereocenters. The van der Waals surface area contributed by atoms with E-state index in [0.717, 1.165) is 23.4 Å². The molecular weight excluding hydrogens is 228 g/mol. The van der Waals surface area contributed by atoms with E-state index in [1.54, 1.807) is 0 Å². The Balaban J connectivity index is 2.22. The van der Waals surface area contributed by atoms with Crippen molar-refractivity contribution >= 4 is 17.3 Å². The summed E-state index contributed by atoms with van der Waals surface area (Å²) in [6, 6.07) is 7.56. The lowest BCUT2D eigenvalue weighted by atomic mass is 10.2. The zero-order chi connectivity index (χ0) is 13.1. The highest BCUT2D eigenvalue weighted by molar-refractivity contribution is 6.06. The number of aromatic amines is 1. The summed E-state index contributed by atoms with van der Waals surface area (Å²) in [6.45, 7) is 3.88. The Bertz CT molecular complexity index is 574. The van der Waals surface area contributed by atoms with Gasteiger partial charge in [-0.25, -0.2) is 0 Å². The lowest BCUT2D eigenvalue weighted by molar-refractivity contribution is 0.102. The summed E-state index contributed by atoms with van der Waals surface area (Å²) < 4.78 is 0. The van der Waals surface area contributed by atoms with Crippen molar-refractivity contribution in [1.29, 1.82) is 0 Å². The molecule has 1 amide bonds. The van der Waals surface area contributed by atoms with Gasteiger partial charge in [0.05, 0.1) is 11.4 Å². The molecule has 18 heavy (non-hydrogen) atoms. The molecule has 0 aliphatic heterocycles. The first-order valence-electron chi connectivity index (χ1n) is 5.83. The molecule has 5 nitrogen and oxygen atoms in total. The van der Waals surface area contributed by atoms with Gasteiger partial charge in [-0.2, -0.15) is 5.10 Å². The molecule has 0 atom stereocenters. The first kappa shape index (κ1) is 12.2. The number of nitrogens with zero attached hydrogens (tertiary/aromatic N) is 1. The molecule has 0 saturated heterocycles. The first-order valence-corrected chi connectivity index (χ1v) is 5.83. The van der Waals surface area contributed by atoms with Crippen LogP contribution in [0.1, 0.15) is 28.7 Å². The topological polar surface area (TPSA) is 83.8 Å². The summed E-state index contributed by atoms with van der Waals surface area (Å²) in [6.07, 6.45) is 0.719. The molecule has 0 saturated carbocycles. The number of hydrogen-bond donors (Lipinski definition) is 3. The Morgan fingerprint density at radius 1 is 1.44 bits per heavy atom. The van der Waals surface area contributed by atoms with Gasteiger partial charge in [0.15, 0.2) is 5.69 Å². The number of para-hydroxylation sites is 1. The van der Waals surface area contributed by atoms with Crippen molar-refractivity contribution < 1.29 is 4.79 Å². The smallest absolute Gasteiger partial charge is 0.278 e. The third-order valence-corrected chi connectivity index (χ3v) is 2.84. The van der Waals surface area contributed by atoms with Crippen LogP contribution in [-0.4, -0.2) is 16.1 Å². The van der Waals surface area contributed by atoms with Gasteiger partial charge in [0.2, 0.25) is 0 Å². The third-order valence-electron chi connectivity index (χ3n) is 2.84. The standard InChI is InChI=1S/C13H16N4O/c1-3-9-11(14)12(17-16-9)13(18)15-10-7-5-4-6-8(10)2/h4-7H,3,14H2,1-2H3,(H,15,18)(H,16,17). The van der Waals surface area contributed by atoms with E-state index in [-0.39, 0.29) is 11.6 Å². The fourth-order valence-electron chi connectivity index (χ4n) is 1.72. The van der Waals surface area contributed by atoms with Crippen molar-refractivity contribution in [3.63, 3.8) is 0 Å². The molecule has 0 aliphatic carbocycles. The van der Waals surface area contributed by atoms with Crippen LogP contribution in [0.3, 0.4) is 0 Å². The number of rotatable bonds is 3. The van der Waals surface area contributed by atoms with E-state index in [1.807, 2.05) is 38.1 Å². The van der Waals surface area contributed by atoms with Crippen molar-refractivity contribution in [2.24, 2.45) is 0 Å². The number of aryl methyl sites for hydroxylation is 2. The Morgan fingerprint density at radius 2 is 2.17 bits per heavy atom. The van der Waals surface area contributed by atoms with Crippen molar-refractivity contribution in [3.8, 4) is 0 Å². The predicted octanol–water partition coefficient (Wildman–Crippen LogP) is 2.12. The van der Waals surface area contributed by atoms with Gasteiger partial charge in [0.25, 0.3) is 5.91 Å². The largest absolute Gasteiger partial charge is 0.395 e. The maximum absolute atomic E-state index is 12.0. The van der Waals surface area contributed by atoms with Gasteiger partial charge in [-0.05, 0) is 25.0 Å². The maximum Gasteiger partial charge on any atom is 0.278 e. The third kappa shape index (κ3) is 2.20. The highest BCUT2D eigenvalue weighted by atomic mass is 16.2. The lowest BCUT2D eigenvalue weighted by Gasteiger charge is -2.06. The van der Waals surface area contributed by atoms with Crippen LogP contribution in [0, 0.1) is 6.92 Å². The van der Waals surface area contributed by atoms with Crippen LogP contribution >= 0.6 is 0 Å². The van der Waals surface area contributed by atoms with Crippen molar-refractivity contribution in [2.45, 2.75) is 20.3 Å². The van der Waals surface area contributed by atoms with Gasteiger partial charge in [-0.1, -0.05) is 25.1 Å². The highest BCUT2D eigenvalue weighted by Crippen LogP contribution is 2.18. The predicted molar refractivity (Wildman–Crippen MR) is 71.5 cm³/mol. The Morgan fingerprint density at radius 3 is 2.78 bits per heavy atom. The molecule has 1 aromatic carbocycles. The van der Waals surface area contributed by atoms with Crippen LogP contribution < -0.4 is 11.1 Å². The van der Waals surface area contributed by atoms with E-state index in [1.165, 1.54) is 0 Å². The van der Waals surface area contributed by atoms with E-state index in [4.69, 9.17) is 5.73 Å². The fourth-order valence-corrected chi connectivity index (χ4v) is 1.72. The number of hydrogen-bond acceptors (Lipinski definition) is 3. The van der Waals surface area contributed by atoms with E-state index < -0.39 is 0 Å². The van der Waals surface area contributed by atoms with E-state index in [0.29, 0.717) is 5.69 Å². The van der Waals surface area contributed by atoms with Crippen LogP contribution in [0.2, 0.25) is 0 Å². The molecule has 0 radical (unpaired) electrons. The number of nitrogens with one attached hydrogen (secondary N) is 2. The van der Waals surface area contributed by atoms with Crippen molar-refractivity contribution in [3.05, 3.63) is 41.2 Å². The van der Waals surface area contributed by atoms with Crippen LogP contribution in [0.15, 0.2) is 24.3 Å². The number of H-pyrrole nitrogens is 1. The number of nitrogens with two attached hydrogens (primary N) is 1. The number of aromatic nitrogens is 2. The number of carbonyl (C=O) groups is 1. The molecular formula is C13H16N4O. The monoisotopic (exact) mass is 244 g/mol. The van der Waals surface area contributed by atoms with Gasteiger partial charge in [-0.15, -0.1) is 0 Å². The Labute approximate surface area is 105 Å². The minimum Gasteiger partial charge on any atom is -0.395 e. The zero-order valence-corrected chi connectivity index (χ0v) is 10.4. The second-order valence-electron chi connectivity index (χ2n) is 4.09. The molecule has 2 aromatic rings. The normalized spacial score (nSPS) is 10.3. The molecule has 1 heterocycles. The summed E-state index contributed by atoms with van der Waals surface area (Å²) in [7, 11) is 0. The van der Waals surface area contributed by atoms with Gasteiger partial charge in [0.1, 0.15) is 0 Å². The van der Waals surface area contributed by atoms with E-state index in [9.17, 15) is 4.79 Å². The minimum absolute atomic E-state index is 0.245. The summed E-state index contributed by atoms with van der Waals surface area (Å²) in [5, 5.41) is 9.52. The number of anilines is 2. The summed E-state index contributed by atoms with van der Waals surface area (Å²) in [5.74, 6) is -0.294. The number of carbonyl (C=O) groups excluding carboxylic acids is 1. The molecule has 5 heteroatoms. The van der Waals surface area contributed by atoms with Crippen molar-refractivity contribution in [2.75, 3.05) is 11.1 Å². The van der Waals surface area contributed by atoms with Gasteiger partial charge >= 0.3 is 0 Å². The lowest BCUT2D eigenvalue weighted by Crippen LogP contribution is -2.15. The van der Waals surface area contributed by atoms with E-state index >= 15 is 0 Å². The molecule has 0 spiro atoms. The summed E-state index contributed by atoms with van der Waals surface area (Å²) >= 11 is 0. The van der Waals surface area contributed by atoms with E-state index in [2.05, 4.69) is 15.5 Å².